The number of rotatable bonds is 11. The largest absolute Gasteiger partial charge is 0.462 e. The number of benzene rings is 1. The van der Waals surface area contributed by atoms with Gasteiger partial charge in [-0.05, 0) is 100.0 Å². The number of hydrogen-bond donors (Lipinski definition) is 3. The van der Waals surface area contributed by atoms with Crippen LogP contribution in [0.5, 0.6) is 0 Å². The van der Waals surface area contributed by atoms with Gasteiger partial charge in [0.1, 0.15) is 29.3 Å². The van der Waals surface area contributed by atoms with Crippen molar-refractivity contribution in [2.24, 2.45) is 10.4 Å². The molecular formula is C35H55N3O10. The van der Waals surface area contributed by atoms with Crippen LogP contribution in [0.25, 0.3) is 0 Å². The molecule has 1 aromatic carbocycles. The number of aliphatic hydroxyl groups excluding tert-OH is 1. The number of nitrogens with one attached hydrogen (secondary N) is 2. The van der Waals surface area contributed by atoms with Crippen LogP contribution < -0.4 is 10.6 Å². The lowest BCUT2D eigenvalue weighted by atomic mass is 9.90. The van der Waals surface area contributed by atoms with Gasteiger partial charge in [0.15, 0.2) is 5.60 Å². The minimum Gasteiger partial charge on any atom is -0.462 e. The Labute approximate surface area is 284 Å². The molecule has 0 radical (unpaired) electrons. The molecule has 0 aliphatic heterocycles. The fourth-order valence-electron chi connectivity index (χ4n) is 4.46. The van der Waals surface area contributed by atoms with Gasteiger partial charge in [-0.2, -0.15) is 0 Å². The number of ether oxygens (including phenoxy) is 5. The Morgan fingerprint density at radius 3 is 1.98 bits per heavy atom. The first-order chi connectivity index (χ1) is 22.2. The first kappa shape index (κ1) is 40.5. The van der Waals surface area contributed by atoms with E-state index in [-0.39, 0.29) is 25.2 Å². The molecule has 2 amide bonds. The third kappa shape index (κ3) is 13.8. The van der Waals surface area contributed by atoms with Crippen LogP contribution in [0.3, 0.4) is 0 Å². The topological polar surface area (TPSA) is 171 Å². The van der Waals surface area contributed by atoms with Crippen molar-refractivity contribution in [2.75, 3.05) is 13.2 Å². The first-order valence-electron chi connectivity index (χ1n) is 16.4. The Balaban J connectivity index is 1.96. The number of aliphatic imine (C=N–C) groups is 1. The van der Waals surface area contributed by atoms with Crippen LogP contribution in [0, 0.1) is 12.3 Å². The lowest BCUT2D eigenvalue weighted by Gasteiger charge is -2.33. The van der Waals surface area contributed by atoms with Gasteiger partial charge < -0.3 is 34.1 Å². The van der Waals surface area contributed by atoms with Gasteiger partial charge in [0.25, 0.3) is 0 Å². The van der Waals surface area contributed by atoms with E-state index >= 15 is 0 Å². The molecule has 2 unspecified atom stereocenters. The Hall–Kier alpha value is -3.71. The fraction of sp³-hybridized carbons (Fsp3) is 0.686. The summed E-state index contributed by atoms with van der Waals surface area (Å²) in [6, 6.07) is 7.56. The number of guanidine groups is 1. The molecule has 2 rings (SSSR count). The predicted octanol–water partition coefficient (Wildman–Crippen LogP) is 5.48. The maximum atomic E-state index is 13.2. The lowest BCUT2D eigenvalue weighted by Crippen LogP contribution is -2.49. The number of amides is 2. The van der Waals surface area contributed by atoms with E-state index in [1.165, 1.54) is 6.92 Å². The van der Waals surface area contributed by atoms with E-state index in [4.69, 9.17) is 23.7 Å². The van der Waals surface area contributed by atoms with Crippen molar-refractivity contribution in [1.82, 2.24) is 10.6 Å². The summed E-state index contributed by atoms with van der Waals surface area (Å²) in [4.78, 5) is 55.0. The van der Waals surface area contributed by atoms with Crippen molar-refractivity contribution in [3.8, 4) is 0 Å². The van der Waals surface area contributed by atoms with E-state index in [0.717, 1.165) is 11.1 Å². The van der Waals surface area contributed by atoms with E-state index in [0.29, 0.717) is 32.1 Å². The standard InChI is InChI=1S/C35H55N3O10/c1-11-35(10,45-20-24-14-12-23(2)13-15-24)28(41)44-22-34(9,21-39)27(40)46-26-18-16-25(17-19-26)36-29(37-30(42)47-32(3,4)5)38-31(43)48-33(6,7)8/h12-15,25-26,39H,11,16-22H2,1-10H3,(H2,36,37,38,42,43). The van der Waals surface area contributed by atoms with Gasteiger partial charge in [-0.25, -0.2) is 14.4 Å². The molecule has 0 heterocycles. The van der Waals surface area contributed by atoms with Crippen molar-refractivity contribution in [3.63, 3.8) is 0 Å². The SMILES string of the molecule is CCC(C)(OCc1ccc(C)cc1)C(=O)OCC(C)(CO)C(=O)OC1CCC(N/C(=N/C(=O)OC(C)(C)C)NC(=O)OC(C)(C)C)CC1. The van der Waals surface area contributed by atoms with E-state index in [1.807, 2.05) is 31.2 Å². The molecule has 13 heteroatoms. The average molecular weight is 678 g/mol. The zero-order valence-corrected chi connectivity index (χ0v) is 30.2. The van der Waals surface area contributed by atoms with E-state index < -0.39 is 59.1 Å². The molecule has 1 aliphatic carbocycles. The Kier molecular flexibility index (Phi) is 14.4. The van der Waals surface area contributed by atoms with Crippen molar-refractivity contribution in [2.45, 2.75) is 137 Å². The van der Waals surface area contributed by atoms with E-state index in [1.54, 1.807) is 55.4 Å². The van der Waals surface area contributed by atoms with Crippen molar-refractivity contribution in [1.29, 1.82) is 0 Å². The average Bonchev–Trinajstić information content (AvgIpc) is 2.98. The number of carbonyl (C=O) groups is 4. The van der Waals surface area contributed by atoms with Crippen LogP contribution >= 0.6 is 0 Å². The molecule has 0 bridgehead atoms. The number of nitrogens with zero attached hydrogens (tertiary/aromatic N) is 1. The van der Waals surface area contributed by atoms with Crippen LogP contribution in [0.2, 0.25) is 0 Å². The maximum Gasteiger partial charge on any atom is 0.437 e. The molecule has 0 aromatic heterocycles. The fourth-order valence-corrected chi connectivity index (χ4v) is 4.46. The molecule has 1 aliphatic rings. The smallest absolute Gasteiger partial charge is 0.437 e. The third-order valence-corrected chi connectivity index (χ3v) is 7.65. The molecule has 1 aromatic rings. The summed E-state index contributed by atoms with van der Waals surface area (Å²) in [5.74, 6) is -1.44. The molecule has 0 spiro atoms. The van der Waals surface area contributed by atoms with Gasteiger partial charge in [0.2, 0.25) is 5.96 Å². The van der Waals surface area contributed by atoms with Crippen LogP contribution in [0.15, 0.2) is 29.3 Å². The number of aliphatic hydroxyl groups is 1. The zero-order chi connectivity index (χ0) is 36.3. The highest BCUT2D eigenvalue weighted by molar-refractivity contribution is 5.99. The normalized spacial score (nSPS) is 19.6. The molecular weight excluding hydrogens is 622 g/mol. The van der Waals surface area contributed by atoms with Crippen LogP contribution in [0.1, 0.15) is 106 Å². The Morgan fingerprint density at radius 2 is 1.46 bits per heavy atom. The zero-order valence-electron chi connectivity index (χ0n) is 30.2. The Morgan fingerprint density at radius 1 is 0.875 bits per heavy atom. The van der Waals surface area contributed by atoms with Crippen molar-refractivity contribution >= 4 is 30.1 Å². The number of esters is 2. The molecule has 270 valence electrons. The van der Waals surface area contributed by atoms with E-state index in [9.17, 15) is 24.3 Å². The number of carbonyl (C=O) groups excluding carboxylic acids is 4. The summed E-state index contributed by atoms with van der Waals surface area (Å²) >= 11 is 0. The molecule has 13 nitrogen and oxygen atoms in total. The van der Waals surface area contributed by atoms with Crippen molar-refractivity contribution < 1.29 is 48.0 Å². The number of alkyl carbamates (subject to hydrolysis) is 1. The van der Waals surface area contributed by atoms with Crippen LogP contribution in [-0.4, -0.2) is 77.4 Å². The highest BCUT2D eigenvalue weighted by atomic mass is 16.6. The summed E-state index contributed by atoms with van der Waals surface area (Å²) < 4.78 is 27.8. The maximum absolute atomic E-state index is 13.2. The highest BCUT2D eigenvalue weighted by Crippen LogP contribution is 2.27. The van der Waals surface area contributed by atoms with Gasteiger partial charge in [-0.1, -0.05) is 36.8 Å². The molecule has 0 saturated heterocycles. The van der Waals surface area contributed by atoms with Crippen molar-refractivity contribution in [3.05, 3.63) is 35.4 Å². The monoisotopic (exact) mass is 677 g/mol. The summed E-state index contributed by atoms with van der Waals surface area (Å²) in [6.45, 7) is 16.4. The second kappa shape index (κ2) is 17.1. The molecule has 1 saturated carbocycles. The van der Waals surface area contributed by atoms with Gasteiger partial charge in [0, 0.05) is 6.04 Å². The second-order valence-corrected chi connectivity index (χ2v) is 14.7. The van der Waals surface area contributed by atoms with Crippen LogP contribution in [0.4, 0.5) is 9.59 Å². The third-order valence-electron chi connectivity index (χ3n) is 7.65. The molecule has 2 atom stereocenters. The summed E-state index contributed by atoms with van der Waals surface area (Å²) in [5, 5.41) is 15.7. The molecule has 1 fully saturated rings. The number of aryl methyl sites for hydroxylation is 1. The summed E-state index contributed by atoms with van der Waals surface area (Å²) in [7, 11) is 0. The quantitative estimate of drug-likeness (QED) is 0.117. The van der Waals surface area contributed by atoms with Gasteiger partial charge in [0.05, 0.1) is 13.2 Å². The first-order valence-corrected chi connectivity index (χ1v) is 16.4. The lowest BCUT2D eigenvalue weighted by molar-refractivity contribution is -0.183. The predicted molar refractivity (Wildman–Crippen MR) is 179 cm³/mol. The van der Waals surface area contributed by atoms with E-state index in [2.05, 4.69) is 15.6 Å². The Bertz CT molecular complexity index is 1280. The summed E-state index contributed by atoms with van der Waals surface area (Å²) in [5.41, 5.74) is -2.27. The molecule has 3 N–H and O–H groups in total. The minimum absolute atomic E-state index is 0.115. The molecule has 48 heavy (non-hydrogen) atoms. The van der Waals surface area contributed by atoms with Gasteiger partial charge in [-0.3, -0.25) is 10.1 Å². The summed E-state index contributed by atoms with van der Waals surface area (Å²) in [6.07, 6.45) is 0.146. The van der Waals surface area contributed by atoms with Gasteiger partial charge >= 0.3 is 24.1 Å². The minimum atomic E-state index is -1.49. The highest BCUT2D eigenvalue weighted by Gasteiger charge is 2.41. The van der Waals surface area contributed by atoms with Crippen LogP contribution in [-0.2, 0) is 39.9 Å². The van der Waals surface area contributed by atoms with Gasteiger partial charge in [-0.15, -0.1) is 4.99 Å². The second-order valence-electron chi connectivity index (χ2n) is 14.7. The number of hydrogen-bond acceptors (Lipinski definition) is 10.